The fourth-order valence-corrected chi connectivity index (χ4v) is 2.00. The zero-order valence-electron chi connectivity index (χ0n) is 10.5. The molecule has 0 aliphatic heterocycles. The minimum atomic E-state index is -0.723. The average molecular weight is 239 g/mol. The van der Waals surface area contributed by atoms with Crippen LogP contribution in [0.3, 0.4) is 0 Å². The van der Waals surface area contributed by atoms with Gasteiger partial charge < -0.3 is 27.0 Å². The largest absolute Gasteiger partial charge is 0.398 e. The summed E-state index contributed by atoms with van der Waals surface area (Å²) >= 11 is 0. The molecule has 1 rings (SSSR count). The lowest BCUT2D eigenvalue weighted by molar-refractivity contribution is 0.193. The molecule has 0 heterocycles. The van der Waals surface area contributed by atoms with E-state index in [9.17, 15) is 10.2 Å². The Morgan fingerprint density at radius 3 is 2.24 bits per heavy atom. The molecule has 0 saturated carbocycles. The van der Waals surface area contributed by atoms with Crippen molar-refractivity contribution in [1.29, 1.82) is 0 Å². The molecule has 0 amide bonds. The topological polar surface area (TPSA) is 105 Å². The van der Waals surface area contributed by atoms with Crippen molar-refractivity contribution in [3.05, 3.63) is 22.8 Å². The summed E-state index contributed by atoms with van der Waals surface area (Å²) in [6.07, 6.45) is -1.43. The molecular weight excluding hydrogens is 218 g/mol. The first-order valence-electron chi connectivity index (χ1n) is 5.61. The third-order valence-corrected chi connectivity index (χ3v) is 2.81. The lowest BCUT2D eigenvalue weighted by Crippen LogP contribution is -2.16. The van der Waals surface area contributed by atoms with E-state index < -0.39 is 12.2 Å². The maximum atomic E-state index is 9.80. The first-order chi connectivity index (χ1) is 7.90. The minimum Gasteiger partial charge on any atom is -0.398 e. The molecule has 1 aromatic carbocycles. The van der Waals surface area contributed by atoms with Gasteiger partial charge in [-0.2, -0.15) is 0 Å². The third-order valence-electron chi connectivity index (χ3n) is 2.81. The van der Waals surface area contributed by atoms with Gasteiger partial charge in [0, 0.05) is 29.0 Å². The van der Waals surface area contributed by atoms with Crippen LogP contribution in [0.4, 0.5) is 11.4 Å². The highest BCUT2D eigenvalue weighted by Crippen LogP contribution is 2.35. The van der Waals surface area contributed by atoms with Crippen LogP contribution in [0.25, 0.3) is 0 Å². The Bertz CT molecular complexity index is 403. The van der Waals surface area contributed by atoms with Crippen LogP contribution in [0.2, 0.25) is 0 Å². The molecule has 2 atom stereocenters. The molecule has 2 unspecified atom stereocenters. The number of nitrogens with two attached hydrogens (primary N) is 2. The zero-order valence-corrected chi connectivity index (χ0v) is 10.5. The predicted molar refractivity (Wildman–Crippen MR) is 69.3 cm³/mol. The summed E-state index contributed by atoms with van der Waals surface area (Å²) in [7, 11) is 1.80. The minimum absolute atomic E-state index is 0.412. The van der Waals surface area contributed by atoms with E-state index in [4.69, 9.17) is 11.5 Å². The second-order valence-corrected chi connectivity index (χ2v) is 4.24. The van der Waals surface area contributed by atoms with E-state index in [0.29, 0.717) is 29.0 Å². The van der Waals surface area contributed by atoms with E-state index in [1.165, 1.54) is 0 Å². The van der Waals surface area contributed by atoms with Crippen molar-refractivity contribution in [2.24, 2.45) is 0 Å². The summed E-state index contributed by atoms with van der Waals surface area (Å²) in [6.45, 7) is 3.78. The van der Waals surface area contributed by atoms with Gasteiger partial charge in [-0.1, -0.05) is 0 Å². The highest BCUT2D eigenvalue weighted by atomic mass is 16.3. The van der Waals surface area contributed by atoms with Crippen LogP contribution in [0.5, 0.6) is 0 Å². The van der Waals surface area contributed by atoms with Crippen LogP contribution in [0, 0.1) is 0 Å². The van der Waals surface area contributed by atoms with Gasteiger partial charge in [-0.15, -0.1) is 0 Å². The molecule has 0 aromatic heterocycles. The van der Waals surface area contributed by atoms with Crippen molar-refractivity contribution in [1.82, 2.24) is 5.32 Å². The summed E-state index contributed by atoms with van der Waals surface area (Å²) < 4.78 is 0. The van der Waals surface area contributed by atoms with Crippen LogP contribution < -0.4 is 16.8 Å². The Morgan fingerprint density at radius 2 is 1.82 bits per heavy atom. The number of hydrogen-bond donors (Lipinski definition) is 5. The Hall–Kier alpha value is -1.30. The summed E-state index contributed by atoms with van der Waals surface area (Å²) in [5.41, 5.74) is 14.8. The van der Waals surface area contributed by atoms with Crippen molar-refractivity contribution in [2.75, 3.05) is 18.5 Å². The van der Waals surface area contributed by atoms with E-state index in [0.717, 1.165) is 5.56 Å². The molecule has 0 radical (unpaired) electrons. The van der Waals surface area contributed by atoms with Gasteiger partial charge in [0.05, 0.1) is 12.2 Å². The summed E-state index contributed by atoms with van der Waals surface area (Å²) in [5.74, 6) is 0. The number of aliphatic hydroxyl groups is 2. The molecule has 0 bridgehead atoms. The molecule has 0 fully saturated rings. The van der Waals surface area contributed by atoms with E-state index in [-0.39, 0.29) is 0 Å². The zero-order chi connectivity index (χ0) is 13.2. The molecule has 96 valence electrons. The monoisotopic (exact) mass is 239 g/mol. The second-order valence-electron chi connectivity index (χ2n) is 4.24. The smallest absolute Gasteiger partial charge is 0.0785 e. The maximum Gasteiger partial charge on any atom is 0.0785 e. The number of hydrogen-bond acceptors (Lipinski definition) is 5. The van der Waals surface area contributed by atoms with Crippen LogP contribution in [-0.4, -0.2) is 17.3 Å². The molecule has 7 N–H and O–H groups in total. The second kappa shape index (κ2) is 5.35. The molecule has 0 saturated heterocycles. The summed E-state index contributed by atoms with van der Waals surface area (Å²) in [4.78, 5) is 0. The number of anilines is 2. The van der Waals surface area contributed by atoms with Gasteiger partial charge in [0.25, 0.3) is 0 Å². The van der Waals surface area contributed by atoms with Crippen molar-refractivity contribution < 1.29 is 10.2 Å². The van der Waals surface area contributed by atoms with Crippen LogP contribution in [0.15, 0.2) is 6.07 Å². The number of aliphatic hydroxyl groups excluding tert-OH is 2. The Morgan fingerprint density at radius 1 is 1.24 bits per heavy atom. The molecule has 0 aliphatic carbocycles. The van der Waals surface area contributed by atoms with Gasteiger partial charge in [0.1, 0.15) is 0 Å². The molecule has 1 aromatic rings. The van der Waals surface area contributed by atoms with E-state index in [2.05, 4.69) is 5.32 Å². The van der Waals surface area contributed by atoms with Crippen LogP contribution in [-0.2, 0) is 6.54 Å². The molecule has 0 aliphatic rings. The highest BCUT2D eigenvalue weighted by molar-refractivity contribution is 5.67. The first kappa shape index (κ1) is 13.8. The number of rotatable bonds is 4. The van der Waals surface area contributed by atoms with Gasteiger partial charge >= 0.3 is 0 Å². The Balaban J connectivity index is 3.47. The van der Waals surface area contributed by atoms with Crippen molar-refractivity contribution in [3.8, 4) is 0 Å². The van der Waals surface area contributed by atoms with Gasteiger partial charge in [-0.05, 0) is 32.5 Å². The first-order valence-corrected chi connectivity index (χ1v) is 5.61. The van der Waals surface area contributed by atoms with Gasteiger partial charge in [-0.25, -0.2) is 0 Å². The van der Waals surface area contributed by atoms with Crippen molar-refractivity contribution in [2.45, 2.75) is 32.6 Å². The lowest BCUT2D eigenvalue weighted by atomic mass is 9.93. The highest BCUT2D eigenvalue weighted by Gasteiger charge is 2.19. The van der Waals surface area contributed by atoms with Crippen LogP contribution >= 0.6 is 0 Å². The number of nitrogens with one attached hydrogen (secondary N) is 1. The molecule has 5 heteroatoms. The third kappa shape index (κ3) is 2.69. The normalized spacial score (nSPS) is 14.6. The van der Waals surface area contributed by atoms with Gasteiger partial charge in [0.2, 0.25) is 0 Å². The molecular formula is C12H21N3O2. The standard InChI is InChI=1S/C12H21N3O2/c1-6(16)8-4-10(13)9(5-15-3)11(7(2)17)12(8)14/h4,6-7,15-17H,5,13-14H2,1-3H3. The average Bonchev–Trinajstić information content (AvgIpc) is 2.22. The van der Waals surface area contributed by atoms with Gasteiger partial charge in [0.15, 0.2) is 0 Å². The SMILES string of the molecule is CNCc1c(N)cc(C(C)O)c(N)c1C(C)O. The summed E-state index contributed by atoms with van der Waals surface area (Å²) in [6, 6.07) is 1.67. The molecule has 17 heavy (non-hydrogen) atoms. The predicted octanol–water partition coefficient (Wildman–Crippen LogP) is 0.677. The van der Waals surface area contributed by atoms with Crippen LogP contribution in [0.1, 0.15) is 42.7 Å². The lowest BCUT2D eigenvalue weighted by Gasteiger charge is -2.21. The Labute approximate surface area is 101 Å². The van der Waals surface area contributed by atoms with E-state index >= 15 is 0 Å². The Kier molecular flexibility index (Phi) is 4.34. The van der Waals surface area contributed by atoms with E-state index in [1.54, 1.807) is 27.0 Å². The van der Waals surface area contributed by atoms with Crippen molar-refractivity contribution >= 4 is 11.4 Å². The fourth-order valence-electron chi connectivity index (χ4n) is 2.00. The number of benzene rings is 1. The van der Waals surface area contributed by atoms with E-state index in [1.807, 2.05) is 0 Å². The quantitative estimate of drug-likeness (QED) is 0.497. The number of nitrogen functional groups attached to an aromatic ring is 2. The fraction of sp³-hybridized carbons (Fsp3) is 0.500. The molecule has 5 nitrogen and oxygen atoms in total. The maximum absolute atomic E-state index is 9.80. The van der Waals surface area contributed by atoms with Gasteiger partial charge in [-0.3, -0.25) is 0 Å². The summed E-state index contributed by atoms with van der Waals surface area (Å²) in [5, 5.41) is 22.4. The molecule has 0 spiro atoms. The van der Waals surface area contributed by atoms with Crippen molar-refractivity contribution in [3.63, 3.8) is 0 Å².